The van der Waals surface area contributed by atoms with Crippen LogP contribution in [0.15, 0.2) is 36.6 Å². The molecule has 3 unspecified atom stereocenters. The fourth-order valence-corrected chi connectivity index (χ4v) is 3.25. The molecule has 0 bridgehead atoms. The average molecular weight is 284 g/mol. The summed E-state index contributed by atoms with van der Waals surface area (Å²) in [5.74, 6) is -4.27. The van der Waals surface area contributed by atoms with Crippen LogP contribution in [-0.2, 0) is 9.53 Å². The van der Waals surface area contributed by atoms with Gasteiger partial charge in [-0.15, -0.1) is 0 Å². The van der Waals surface area contributed by atoms with Crippen LogP contribution in [0.3, 0.4) is 0 Å². The van der Waals surface area contributed by atoms with Gasteiger partial charge < -0.3 is 4.74 Å². The molecular formula is C13H8ClF2NO2. The van der Waals surface area contributed by atoms with E-state index < -0.39 is 23.5 Å². The SMILES string of the molecule is O=C1C2C=COC23C(N1c1ccc(Cl)cc1)C3(F)F. The molecule has 19 heavy (non-hydrogen) atoms. The van der Waals surface area contributed by atoms with E-state index in [1.807, 2.05) is 0 Å². The summed E-state index contributed by atoms with van der Waals surface area (Å²) in [5, 5.41) is 0.490. The first-order valence-electron chi connectivity index (χ1n) is 5.81. The topological polar surface area (TPSA) is 29.5 Å². The van der Waals surface area contributed by atoms with E-state index in [0.29, 0.717) is 10.7 Å². The lowest BCUT2D eigenvalue weighted by atomic mass is 10.0. The third-order valence-electron chi connectivity index (χ3n) is 4.05. The molecule has 0 radical (unpaired) electrons. The molecule has 0 aromatic heterocycles. The van der Waals surface area contributed by atoms with Crippen molar-refractivity contribution >= 4 is 23.2 Å². The summed E-state index contributed by atoms with van der Waals surface area (Å²) in [6.45, 7) is 0. The van der Waals surface area contributed by atoms with E-state index in [9.17, 15) is 13.6 Å². The number of piperidine rings is 1. The van der Waals surface area contributed by atoms with Crippen molar-refractivity contribution in [3.05, 3.63) is 41.6 Å². The summed E-state index contributed by atoms with van der Waals surface area (Å²) >= 11 is 5.76. The number of anilines is 1. The predicted molar refractivity (Wildman–Crippen MR) is 64.1 cm³/mol. The molecule has 1 amide bonds. The fourth-order valence-electron chi connectivity index (χ4n) is 3.12. The van der Waals surface area contributed by atoms with Crippen molar-refractivity contribution in [2.24, 2.45) is 5.92 Å². The largest absolute Gasteiger partial charge is 0.485 e. The summed E-state index contributed by atoms with van der Waals surface area (Å²) in [6.07, 6.45) is 2.61. The summed E-state index contributed by atoms with van der Waals surface area (Å²) in [5.41, 5.74) is -1.27. The minimum atomic E-state index is -3.02. The molecule has 0 N–H and O–H groups in total. The Kier molecular flexibility index (Phi) is 1.83. The van der Waals surface area contributed by atoms with Crippen LogP contribution in [0.1, 0.15) is 0 Å². The Labute approximate surface area is 112 Å². The Morgan fingerprint density at radius 2 is 1.95 bits per heavy atom. The first-order valence-corrected chi connectivity index (χ1v) is 6.19. The smallest absolute Gasteiger partial charge is 0.314 e. The normalized spacial score (nSPS) is 37.0. The van der Waals surface area contributed by atoms with Crippen LogP contribution in [0, 0.1) is 5.92 Å². The van der Waals surface area contributed by atoms with E-state index in [1.165, 1.54) is 12.3 Å². The molecule has 2 fully saturated rings. The maximum Gasteiger partial charge on any atom is 0.314 e. The lowest BCUT2D eigenvalue weighted by Gasteiger charge is -2.21. The van der Waals surface area contributed by atoms with Crippen molar-refractivity contribution in [1.29, 1.82) is 0 Å². The predicted octanol–water partition coefficient (Wildman–Crippen LogP) is 2.60. The Hall–Kier alpha value is -1.62. The number of nitrogens with zero attached hydrogens (tertiary/aromatic N) is 1. The maximum atomic E-state index is 14.0. The van der Waals surface area contributed by atoms with Crippen LogP contribution in [-0.4, -0.2) is 23.5 Å². The molecule has 1 spiro atoms. The average Bonchev–Trinajstić information content (AvgIpc) is 2.75. The van der Waals surface area contributed by atoms with E-state index in [0.717, 1.165) is 4.90 Å². The highest BCUT2D eigenvalue weighted by Crippen LogP contribution is 2.69. The van der Waals surface area contributed by atoms with Gasteiger partial charge in [0.1, 0.15) is 5.92 Å². The van der Waals surface area contributed by atoms with Gasteiger partial charge in [0.25, 0.3) is 0 Å². The van der Waals surface area contributed by atoms with Crippen LogP contribution in [0.4, 0.5) is 14.5 Å². The van der Waals surface area contributed by atoms with Crippen LogP contribution in [0.5, 0.6) is 0 Å². The highest BCUT2D eigenvalue weighted by Gasteiger charge is 2.94. The number of benzene rings is 1. The van der Waals surface area contributed by atoms with Gasteiger partial charge in [-0.3, -0.25) is 9.69 Å². The number of hydrogen-bond acceptors (Lipinski definition) is 2. The Bertz CT molecular complexity index is 616. The minimum absolute atomic E-state index is 0.355. The molecule has 3 nitrogen and oxygen atoms in total. The zero-order valence-corrected chi connectivity index (χ0v) is 10.3. The Balaban J connectivity index is 1.81. The number of amides is 1. The molecule has 2 heterocycles. The lowest BCUT2D eigenvalue weighted by molar-refractivity contribution is -0.125. The molecule has 1 aromatic rings. The van der Waals surface area contributed by atoms with Crippen LogP contribution in [0.2, 0.25) is 5.02 Å². The van der Waals surface area contributed by atoms with Crippen molar-refractivity contribution in [2.45, 2.75) is 17.6 Å². The van der Waals surface area contributed by atoms with Crippen molar-refractivity contribution < 1.29 is 18.3 Å². The molecule has 3 atom stereocenters. The zero-order valence-electron chi connectivity index (χ0n) is 9.52. The first kappa shape index (κ1) is 11.2. The second-order valence-electron chi connectivity index (χ2n) is 4.93. The molecule has 98 valence electrons. The molecule has 1 aromatic carbocycles. The standard InChI is InChI=1S/C13H8ClF2NO2/c14-7-1-3-8(4-2-7)17-10(18)9-5-6-19-12(9)11(17)13(12,15)16/h1-6,9,11H. The minimum Gasteiger partial charge on any atom is -0.485 e. The Morgan fingerprint density at radius 3 is 2.58 bits per heavy atom. The zero-order chi connectivity index (χ0) is 13.4. The van der Waals surface area contributed by atoms with E-state index in [2.05, 4.69) is 0 Å². The van der Waals surface area contributed by atoms with Crippen LogP contribution < -0.4 is 4.90 Å². The fraction of sp³-hybridized carbons (Fsp3) is 0.308. The molecule has 2 aliphatic heterocycles. The van der Waals surface area contributed by atoms with E-state index in [1.54, 1.807) is 24.3 Å². The number of hydrogen-bond donors (Lipinski definition) is 0. The third-order valence-corrected chi connectivity index (χ3v) is 4.30. The van der Waals surface area contributed by atoms with Gasteiger partial charge in [0.15, 0.2) is 6.04 Å². The monoisotopic (exact) mass is 283 g/mol. The molecular weight excluding hydrogens is 276 g/mol. The van der Waals surface area contributed by atoms with Crippen LogP contribution >= 0.6 is 11.6 Å². The van der Waals surface area contributed by atoms with E-state index in [-0.39, 0.29) is 5.91 Å². The van der Waals surface area contributed by atoms with Gasteiger partial charge in [0, 0.05) is 10.7 Å². The summed E-state index contributed by atoms with van der Waals surface area (Å²) in [7, 11) is 0. The highest BCUT2D eigenvalue weighted by molar-refractivity contribution is 6.30. The summed E-state index contributed by atoms with van der Waals surface area (Å²) in [6, 6.07) is 5.04. The van der Waals surface area contributed by atoms with Gasteiger partial charge in [0.2, 0.25) is 11.5 Å². The second kappa shape index (κ2) is 3.10. The van der Waals surface area contributed by atoms with Crippen molar-refractivity contribution in [1.82, 2.24) is 0 Å². The quantitative estimate of drug-likeness (QED) is 0.793. The number of rotatable bonds is 1. The van der Waals surface area contributed by atoms with Crippen LogP contribution in [0.25, 0.3) is 0 Å². The maximum absolute atomic E-state index is 14.0. The molecule has 6 heteroatoms. The summed E-state index contributed by atoms with van der Waals surface area (Å²) in [4.78, 5) is 13.4. The van der Waals surface area contributed by atoms with Gasteiger partial charge in [0.05, 0.1) is 6.26 Å². The van der Waals surface area contributed by atoms with Crippen molar-refractivity contribution in [3.63, 3.8) is 0 Å². The van der Waals surface area contributed by atoms with Crippen molar-refractivity contribution in [2.75, 3.05) is 4.90 Å². The van der Waals surface area contributed by atoms with E-state index in [4.69, 9.17) is 16.3 Å². The number of alkyl halides is 2. The number of carbonyl (C=O) groups is 1. The van der Waals surface area contributed by atoms with Crippen molar-refractivity contribution in [3.8, 4) is 0 Å². The number of ether oxygens (including phenoxy) is 1. The third kappa shape index (κ3) is 1.07. The first-order chi connectivity index (χ1) is 9.00. The summed E-state index contributed by atoms with van der Waals surface area (Å²) < 4.78 is 33.1. The van der Waals surface area contributed by atoms with Gasteiger partial charge >= 0.3 is 5.92 Å². The van der Waals surface area contributed by atoms with Gasteiger partial charge in [-0.25, -0.2) is 0 Å². The molecule has 4 rings (SSSR count). The number of carbonyl (C=O) groups excluding carboxylic acids is 1. The van der Waals surface area contributed by atoms with E-state index >= 15 is 0 Å². The Morgan fingerprint density at radius 1 is 1.26 bits per heavy atom. The molecule has 1 aliphatic carbocycles. The molecule has 3 aliphatic rings. The molecule has 1 saturated heterocycles. The van der Waals surface area contributed by atoms with Gasteiger partial charge in [-0.05, 0) is 30.3 Å². The second-order valence-corrected chi connectivity index (χ2v) is 5.36. The number of halogens is 3. The molecule has 1 saturated carbocycles. The van der Waals surface area contributed by atoms with Gasteiger partial charge in [-0.1, -0.05) is 11.6 Å². The highest BCUT2D eigenvalue weighted by atomic mass is 35.5. The lowest BCUT2D eigenvalue weighted by Crippen LogP contribution is -2.38. The van der Waals surface area contributed by atoms with Gasteiger partial charge in [-0.2, -0.15) is 8.78 Å².